The van der Waals surface area contributed by atoms with Crippen LogP contribution < -0.4 is 29.6 Å². The number of rotatable bonds is 24. The molecule has 2 unspecified atom stereocenters. The van der Waals surface area contributed by atoms with Gasteiger partial charge in [-0.3, -0.25) is 38.6 Å². The summed E-state index contributed by atoms with van der Waals surface area (Å²) in [6.45, 7) is 12.8. The zero-order valence-electron chi connectivity index (χ0n) is 50.4. The Morgan fingerprint density at radius 1 is 0.415 bits per heavy atom. The van der Waals surface area contributed by atoms with Crippen molar-refractivity contribution in [3.8, 4) is 46.0 Å². The van der Waals surface area contributed by atoms with Gasteiger partial charge in [-0.15, -0.1) is 0 Å². The van der Waals surface area contributed by atoms with E-state index in [1.54, 1.807) is 72.8 Å². The Kier molecular flexibility index (Phi) is 19.4. The summed E-state index contributed by atoms with van der Waals surface area (Å²) in [5.74, 6) is -7.26. The molecule has 0 saturated carbocycles. The van der Waals surface area contributed by atoms with Gasteiger partial charge >= 0.3 is 11.9 Å². The summed E-state index contributed by atoms with van der Waals surface area (Å²) in [4.78, 5) is 119. The third kappa shape index (κ3) is 13.2. The van der Waals surface area contributed by atoms with Crippen LogP contribution >= 0.6 is 69.6 Å². The molecule has 0 spiro atoms. The number of halogens is 6. The molecule has 0 radical (unpaired) electrons. The van der Waals surface area contributed by atoms with Crippen LogP contribution in [0.1, 0.15) is 82.0 Å². The van der Waals surface area contributed by atoms with Crippen LogP contribution in [0.4, 0.5) is 0 Å². The van der Waals surface area contributed by atoms with Crippen molar-refractivity contribution in [1.29, 1.82) is 0 Å². The number of hydrogen-bond donors (Lipinski definition) is 2. The van der Waals surface area contributed by atoms with Crippen molar-refractivity contribution >= 4 is 160 Å². The first kappa shape index (κ1) is 66.3. The number of carbonyl (C=O) groups is 8. The number of imide groups is 2. The number of nitrogens with one attached hydrogen (secondary N) is 2. The molecule has 2 heterocycles. The number of ether oxygens (including phenoxy) is 6. The molecular formula is C70H54Cl6N4O14. The van der Waals surface area contributed by atoms with E-state index in [0.29, 0.717) is 0 Å². The fourth-order valence-electron chi connectivity index (χ4n) is 11.6. The van der Waals surface area contributed by atoms with Crippen LogP contribution in [-0.4, -0.2) is 95.6 Å². The first-order valence-corrected chi connectivity index (χ1v) is 31.6. The molecule has 9 aromatic rings. The lowest BCUT2D eigenvalue weighted by Crippen LogP contribution is -2.54. The molecule has 2 aliphatic heterocycles. The Morgan fingerprint density at radius 2 is 0.681 bits per heavy atom. The fraction of sp³-hybridized carbons (Fsp3) is 0.200. The van der Waals surface area contributed by atoms with Gasteiger partial charge in [0, 0.05) is 63.2 Å². The number of hydrogen-bond acceptors (Lipinski definition) is 14. The number of amides is 6. The summed E-state index contributed by atoms with van der Waals surface area (Å²) in [7, 11) is 0. The lowest BCUT2D eigenvalue weighted by atomic mass is 9.80. The molecule has 0 saturated heterocycles. The zero-order chi connectivity index (χ0) is 67.1. The van der Waals surface area contributed by atoms with Crippen molar-refractivity contribution in [2.75, 3.05) is 26.3 Å². The molecule has 94 heavy (non-hydrogen) atoms. The van der Waals surface area contributed by atoms with Crippen molar-refractivity contribution in [3.63, 3.8) is 0 Å². The molecule has 0 aliphatic carbocycles. The number of fused-ring (bicyclic) bond motifs is 2. The van der Waals surface area contributed by atoms with Crippen LogP contribution in [-0.2, 0) is 28.7 Å². The predicted molar refractivity (Wildman–Crippen MR) is 359 cm³/mol. The molecular weight excluding hydrogens is 1330 g/mol. The van der Waals surface area contributed by atoms with Gasteiger partial charge in [0.15, 0.2) is 0 Å². The highest BCUT2D eigenvalue weighted by Gasteiger charge is 2.46. The van der Waals surface area contributed by atoms with Gasteiger partial charge in [0.05, 0.1) is 35.3 Å². The Hall–Kier alpha value is -9.14. The second kappa shape index (κ2) is 27.4. The van der Waals surface area contributed by atoms with Gasteiger partial charge in [0.1, 0.15) is 81.4 Å². The van der Waals surface area contributed by atoms with E-state index in [4.69, 9.17) is 98.0 Å². The SMILES string of the molecule is C=C(Cl)C(=O)OCCNC(=O)C(CC(C)C)N1C(=O)c2cc(Oc3cccc(Cl)c3)c3c4c(Oc5cccc(Cl)c5)cc5c6c(cc(Oc7cccc(Cl)c7)c(c7c(Oc8cccc(Cl)c8)cc(c2c37)C1=O)c64)C(=O)N(C(CC(C)C)C(=O)NCCOC(=O)C(=C)Cl)C5=O. The third-order valence-corrected chi connectivity index (χ3v) is 16.6. The highest BCUT2D eigenvalue weighted by molar-refractivity contribution is 6.45. The van der Waals surface area contributed by atoms with Gasteiger partial charge in [0.25, 0.3) is 23.6 Å². The van der Waals surface area contributed by atoms with E-state index in [-0.39, 0.29) is 192 Å². The first-order chi connectivity index (χ1) is 44.9. The summed E-state index contributed by atoms with van der Waals surface area (Å²) in [6, 6.07) is 28.4. The zero-order valence-corrected chi connectivity index (χ0v) is 54.9. The second-order valence-electron chi connectivity index (χ2n) is 22.8. The van der Waals surface area contributed by atoms with Gasteiger partial charge in [-0.05, 0) is 122 Å². The Balaban J connectivity index is 1.28. The molecule has 0 aromatic heterocycles. The summed E-state index contributed by atoms with van der Waals surface area (Å²) < 4.78 is 38.2. The maximum Gasteiger partial charge on any atom is 0.349 e. The Bertz CT molecular complexity index is 4190. The van der Waals surface area contributed by atoms with Crippen LogP contribution in [0.25, 0.3) is 43.1 Å². The molecule has 9 aromatic carbocycles. The van der Waals surface area contributed by atoms with E-state index >= 15 is 19.2 Å². The van der Waals surface area contributed by atoms with E-state index < -0.39 is 59.5 Å². The van der Waals surface area contributed by atoms with Crippen molar-refractivity contribution in [1.82, 2.24) is 20.4 Å². The minimum atomic E-state index is -1.47. The van der Waals surface area contributed by atoms with Gasteiger partial charge < -0.3 is 39.1 Å². The van der Waals surface area contributed by atoms with Crippen molar-refractivity contribution in [2.45, 2.75) is 52.6 Å². The van der Waals surface area contributed by atoms with Crippen LogP contribution in [0.15, 0.2) is 145 Å². The van der Waals surface area contributed by atoms with Gasteiger partial charge in [-0.25, -0.2) is 9.59 Å². The summed E-state index contributed by atoms with van der Waals surface area (Å²) in [5.41, 5.74) is -0.504. The summed E-state index contributed by atoms with van der Waals surface area (Å²) >= 11 is 38.2. The van der Waals surface area contributed by atoms with E-state index in [9.17, 15) is 19.2 Å². The highest BCUT2D eigenvalue weighted by Crippen LogP contribution is 2.58. The first-order valence-electron chi connectivity index (χ1n) is 29.3. The normalized spacial score (nSPS) is 13.4. The predicted octanol–water partition coefficient (Wildman–Crippen LogP) is 16.4. The number of nitrogens with zero attached hydrogens (tertiary/aromatic N) is 2. The van der Waals surface area contributed by atoms with E-state index in [1.165, 1.54) is 48.5 Å². The average Bonchev–Trinajstić information content (AvgIpc) is 0.673. The molecule has 6 amide bonds. The maximum absolute atomic E-state index is 16.0. The Labute approximate surface area is 567 Å². The van der Waals surface area contributed by atoms with Gasteiger partial charge in [0.2, 0.25) is 11.8 Å². The maximum atomic E-state index is 16.0. The van der Waals surface area contributed by atoms with Crippen LogP contribution in [0, 0.1) is 11.8 Å². The van der Waals surface area contributed by atoms with Crippen molar-refractivity contribution in [2.24, 2.45) is 11.8 Å². The molecule has 11 rings (SSSR count). The second-order valence-corrected chi connectivity index (χ2v) is 25.5. The largest absolute Gasteiger partial charge is 0.460 e. The number of esters is 2. The number of benzene rings is 9. The summed E-state index contributed by atoms with van der Waals surface area (Å²) in [5, 5.41) is 6.56. The smallest absolute Gasteiger partial charge is 0.349 e. The molecule has 0 fully saturated rings. The molecule has 2 aliphatic rings. The van der Waals surface area contributed by atoms with Crippen LogP contribution in [0.2, 0.25) is 20.1 Å². The lowest BCUT2D eigenvalue weighted by Gasteiger charge is -2.36. The fourth-order valence-corrected chi connectivity index (χ4v) is 12.5. The molecule has 18 nitrogen and oxygen atoms in total. The highest BCUT2D eigenvalue weighted by atomic mass is 35.5. The van der Waals surface area contributed by atoms with E-state index in [1.807, 2.05) is 27.7 Å². The van der Waals surface area contributed by atoms with E-state index in [2.05, 4.69) is 23.8 Å². The quantitative estimate of drug-likeness (QED) is 0.0143. The molecule has 480 valence electrons. The molecule has 2 atom stereocenters. The average molecular weight is 1390 g/mol. The topological polar surface area (TPSA) is 222 Å². The van der Waals surface area contributed by atoms with Gasteiger partial charge in [-0.2, -0.15) is 0 Å². The van der Waals surface area contributed by atoms with E-state index in [0.717, 1.165) is 9.80 Å². The third-order valence-electron chi connectivity index (χ3n) is 15.4. The minimum Gasteiger partial charge on any atom is -0.460 e. The molecule has 2 N–H and O–H groups in total. The lowest BCUT2D eigenvalue weighted by molar-refractivity contribution is -0.139. The van der Waals surface area contributed by atoms with Crippen LogP contribution in [0.3, 0.4) is 0 Å². The standard InChI is InChI=1S/C70H54Cl6N4O14/c1-33(2)23-49(63(81)77-19-21-89-69(87)35(5)71)79-65(83)45-29-51(91-41-15-7-11-37(73)25-41)57-59-53(93-43-17-9-13-39(75)27-43)31-47-56-48(68(86)80(67(47)85)50(24-34(3)4)64(82)78-20-22-90-70(88)36(6)72)32-54(94-44-18-10-14-40(76)28-44)60(62(56)59)58-52(92-42-16-8-12-38(74)26-42)30-46(66(79)84)55(45)61(57)58/h7-18,25-34,49-50H,5-6,19-24H2,1-4H3,(H,77,81)(H,78,82). The monoisotopic (exact) mass is 1380 g/mol. The van der Waals surface area contributed by atoms with Crippen molar-refractivity contribution < 1.29 is 66.8 Å². The molecule has 24 heteroatoms. The van der Waals surface area contributed by atoms with Gasteiger partial charge in [-0.1, -0.05) is 135 Å². The summed E-state index contributed by atoms with van der Waals surface area (Å²) in [6.07, 6.45) is -0.0771. The molecule has 0 bridgehead atoms. The van der Waals surface area contributed by atoms with Crippen LogP contribution in [0.5, 0.6) is 46.0 Å². The minimum absolute atomic E-state index is 0.0386. The Morgan fingerprint density at radius 3 is 0.915 bits per heavy atom. The van der Waals surface area contributed by atoms with Crippen molar-refractivity contribution in [3.05, 3.63) is 187 Å². The number of carbonyl (C=O) groups excluding carboxylic acids is 8.